The Kier molecular flexibility index (Phi) is 5.18. The van der Waals surface area contributed by atoms with Crippen LogP contribution in [0.1, 0.15) is 55.4 Å². The number of benzene rings is 2. The molecule has 0 spiro atoms. The van der Waals surface area contributed by atoms with Crippen molar-refractivity contribution < 1.29 is 13.7 Å². The van der Waals surface area contributed by atoms with Crippen LogP contribution in [0.25, 0.3) is 0 Å². The number of hydrogen-bond acceptors (Lipinski definition) is 4. The van der Waals surface area contributed by atoms with Gasteiger partial charge in [-0.2, -0.15) is 4.98 Å². The van der Waals surface area contributed by atoms with E-state index in [0.29, 0.717) is 30.1 Å². The molecule has 1 heterocycles. The summed E-state index contributed by atoms with van der Waals surface area (Å²) in [6.07, 6.45) is 1.32. The molecular formula is C23H24FN3O2. The van der Waals surface area contributed by atoms with Gasteiger partial charge in [-0.25, -0.2) is 4.39 Å². The van der Waals surface area contributed by atoms with Crippen molar-refractivity contribution in [2.24, 2.45) is 5.92 Å². The maximum absolute atomic E-state index is 13.8. The van der Waals surface area contributed by atoms with Crippen molar-refractivity contribution in [3.8, 4) is 0 Å². The zero-order chi connectivity index (χ0) is 20.4. The third-order valence-electron chi connectivity index (χ3n) is 5.54. The van der Waals surface area contributed by atoms with Crippen LogP contribution in [-0.4, -0.2) is 16.0 Å². The number of nitrogens with one attached hydrogen (secondary N) is 1. The second-order valence-corrected chi connectivity index (χ2v) is 7.94. The highest BCUT2D eigenvalue weighted by atomic mass is 19.1. The van der Waals surface area contributed by atoms with Crippen molar-refractivity contribution in [1.29, 1.82) is 0 Å². The van der Waals surface area contributed by atoms with Crippen LogP contribution in [0.3, 0.4) is 0 Å². The number of aromatic nitrogens is 2. The molecule has 1 N–H and O–H groups in total. The minimum absolute atomic E-state index is 0.0327. The van der Waals surface area contributed by atoms with Gasteiger partial charge in [-0.15, -0.1) is 0 Å². The molecule has 1 unspecified atom stereocenters. The van der Waals surface area contributed by atoms with E-state index in [1.165, 1.54) is 6.07 Å². The maximum atomic E-state index is 13.8. The molecule has 4 rings (SSSR count). The predicted octanol–water partition coefficient (Wildman–Crippen LogP) is 4.34. The Hall–Kier alpha value is -3.02. The molecule has 0 bridgehead atoms. The van der Waals surface area contributed by atoms with Crippen LogP contribution in [-0.2, 0) is 16.8 Å². The van der Waals surface area contributed by atoms with Gasteiger partial charge in [0.25, 0.3) is 0 Å². The van der Waals surface area contributed by atoms with Gasteiger partial charge in [0, 0.05) is 12.1 Å². The van der Waals surface area contributed by atoms with Gasteiger partial charge in [-0.1, -0.05) is 67.5 Å². The molecule has 150 valence electrons. The van der Waals surface area contributed by atoms with E-state index in [-0.39, 0.29) is 30.1 Å². The SMILES string of the molecule is CC(C)C(c1ccccc1)c1nc(C2(C(=O)NCc3ccccc3F)CC2)no1. The average Bonchev–Trinajstić information content (AvgIpc) is 3.40. The van der Waals surface area contributed by atoms with Gasteiger partial charge in [-0.3, -0.25) is 4.79 Å². The number of nitrogens with zero attached hydrogens (tertiary/aromatic N) is 2. The smallest absolute Gasteiger partial charge is 0.234 e. The number of carbonyl (C=O) groups is 1. The molecule has 1 aliphatic carbocycles. The summed E-state index contributed by atoms with van der Waals surface area (Å²) in [6, 6.07) is 16.5. The summed E-state index contributed by atoms with van der Waals surface area (Å²) < 4.78 is 19.4. The first-order chi connectivity index (χ1) is 14.0. The van der Waals surface area contributed by atoms with Crippen LogP contribution in [0, 0.1) is 11.7 Å². The molecule has 1 aliphatic rings. The highest BCUT2D eigenvalue weighted by Gasteiger charge is 2.55. The van der Waals surface area contributed by atoms with Crippen LogP contribution in [0.15, 0.2) is 59.1 Å². The van der Waals surface area contributed by atoms with Gasteiger partial charge in [0.1, 0.15) is 11.2 Å². The van der Waals surface area contributed by atoms with E-state index in [2.05, 4.69) is 29.3 Å². The molecular weight excluding hydrogens is 369 g/mol. The highest BCUT2D eigenvalue weighted by Crippen LogP contribution is 2.47. The van der Waals surface area contributed by atoms with Gasteiger partial charge in [0.2, 0.25) is 11.8 Å². The lowest BCUT2D eigenvalue weighted by Gasteiger charge is -2.17. The molecule has 1 aromatic heterocycles. The van der Waals surface area contributed by atoms with Gasteiger partial charge >= 0.3 is 0 Å². The van der Waals surface area contributed by atoms with Crippen LogP contribution >= 0.6 is 0 Å². The Morgan fingerprint density at radius 3 is 2.48 bits per heavy atom. The Morgan fingerprint density at radius 1 is 1.14 bits per heavy atom. The first-order valence-electron chi connectivity index (χ1n) is 9.92. The standard InChI is InChI=1S/C23H24FN3O2/c1-15(2)19(16-8-4-3-5-9-16)20-26-21(27-29-20)23(12-13-23)22(28)25-14-17-10-6-7-11-18(17)24/h3-11,15,19H,12-14H2,1-2H3,(H,25,28). The summed E-state index contributed by atoms with van der Waals surface area (Å²) in [5.74, 6) is 0.649. The van der Waals surface area contributed by atoms with Crippen molar-refractivity contribution in [2.45, 2.75) is 44.6 Å². The molecule has 6 heteroatoms. The predicted molar refractivity (Wildman–Crippen MR) is 107 cm³/mol. The number of hydrogen-bond donors (Lipinski definition) is 1. The summed E-state index contributed by atoms with van der Waals surface area (Å²) in [5, 5.41) is 6.99. The molecule has 0 aliphatic heterocycles. The fourth-order valence-electron chi connectivity index (χ4n) is 3.69. The summed E-state index contributed by atoms with van der Waals surface area (Å²) >= 11 is 0. The maximum Gasteiger partial charge on any atom is 0.234 e. The van der Waals surface area contributed by atoms with E-state index < -0.39 is 5.41 Å². The lowest BCUT2D eigenvalue weighted by molar-refractivity contribution is -0.124. The summed E-state index contributed by atoms with van der Waals surface area (Å²) in [5.41, 5.74) is 0.784. The van der Waals surface area contributed by atoms with E-state index in [0.717, 1.165) is 5.56 Å². The highest BCUT2D eigenvalue weighted by molar-refractivity contribution is 5.90. The Morgan fingerprint density at radius 2 is 1.83 bits per heavy atom. The quantitative estimate of drug-likeness (QED) is 0.648. The number of halogens is 1. The molecule has 0 saturated heterocycles. The summed E-state index contributed by atoms with van der Waals surface area (Å²) in [4.78, 5) is 17.5. The Balaban J connectivity index is 1.52. The lowest BCUT2D eigenvalue weighted by atomic mass is 9.88. The zero-order valence-electron chi connectivity index (χ0n) is 16.6. The largest absolute Gasteiger partial charge is 0.351 e. The molecule has 1 amide bonds. The van der Waals surface area contributed by atoms with Crippen molar-refractivity contribution >= 4 is 5.91 Å². The molecule has 2 aromatic carbocycles. The van der Waals surface area contributed by atoms with Gasteiger partial charge in [0.05, 0.1) is 5.92 Å². The molecule has 3 aromatic rings. The fourth-order valence-corrected chi connectivity index (χ4v) is 3.69. The summed E-state index contributed by atoms with van der Waals surface area (Å²) in [7, 11) is 0. The minimum Gasteiger partial charge on any atom is -0.351 e. The molecule has 0 radical (unpaired) electrons. The first kappa shape index (κ1) is 19.3. The van der Waals surface area contributed by atoms with E-state index in [1.807, 2.05) is 30.3 Å². The van der Waals surface area contributed by atoms with E-state index in [4.69, 9.17) is 4.52 Å². The topological polar surface area (TPSA) is 68.0 Å². The van der Waals surface area contributed by atoms with Gasteiger partial charge < -0.3 is 9.84 Å². The van der Waals surface area contributed by atoms with Crippen LogP contribution < -0.4 is 5.32 Å². The van der Waals surface area contributed by atoms with Crippen molar-refractivity contribution in [2.75, 3.05) is 0 Å². The zero-order valence-corrected chi connectivity index (χ0v) is 16.6. The average molecular weight is 393 g/mol. The minimum atomic E-state index is -0.773. The van der Waals surface area contributed by atoms with Crippen LogP contribution in [0.4, 0.5) is 4.39 Å². The summed E-state index contributed by atoms with van der Waals surface area (Å²) in [6.45, 7) is 4.35. The normalized spacial score (nSPS) is 15.9. The first-order valence-corrected chi connectivity index (χ1v) is 9.92. The number of carbonyl (C=O) groups excluding carboxylic acids is 1. The molecule has 1 fully saturated rings. The Labute approximate surface area is 169 Å². The molecule has 29 heavy (non-hydrogen) atoms. The lowest BCUT2D eigenvalue weighted by Crippen LogP contribution is -2.35. The van der Waals surface area contributed by atoms with E-state index in [1.54, 1.807) is 18.2 Å². The third kappa shape index (κ3) is 3.79. The van der Waals surface area contributed by atoms with Crippen molar-refractivity contribution in [1.82, 2.24) is 15.5 Å². The Bertz CT molecular complexity index is 996. The number of amides is 1. The molecule has 5 nitrogen and oxygen atoms in total. The molecule has 1 saturated carbocycles. The second kappa shape index (κ2) is 7.78. The third-order valence-corrected chi connectivity index (χ3v) is 5.54. The van der Waals surface area contributed by atoms with Crippen LogP contribution in [0.2, 0.25) is 0 Å². The number of rotatable bonds is 7. The van der Waals surface area contributed by atoms with Crippen molar-refractivity contribution in [3.63, 3.8) is 0 Å². The molecule has 1 atom stereocenters. The van der Waals surface area contributed by atoms with E-state index in [9.17, 15) is 9.18 Å². The monoisotopic (exact) mass is 393 g/mol. The second-order valence-electron chi connectivity index (χ2n) is 7.94. The fraction of sp³-hybridized carbons (Fsp3) is 0.348. The van der Waals surface area contributed by atoms with Crippen LogP contribution in [0.5, 0.6) is 0 Å². The van der Waals surface area contributed by atoms with E-state index >= 15 is 0 Å². The van der Waals surface area contributed by atoms with Gasteiger partial charge in [0.15, 0.2) is 5.82 Å². The van der Waals surface area contributed by atoms with Gasteiger partial charge in [-0.05, 0) is 30.4 Å². The van der Waals surface area contributed by atoms with Crippen molar-refractivity contribution in [3.05, 3.63) is 83.3 Å².